The minimum absolute atomic E-state index is 0.0694. The van der Waals surface area contributed by atoms with Gasteiger partial charge in [0.05, 0.1) is 12.3 Å². The Balaban J connectivity index is 1.31. The molecule has 2 N–H and O–H groups in total. The molecule has 3 aromatic rings. The van der Waals surface area contributed by atoms with Crippen molar-refractivity contribution >= 4 is 23.2 Å². The van der Waals surface area contributed by atoms with Gasteiger partial charge in [0.1, 0.15) is 5.75 Å². The van der Waals surface area contributed by atoms with Crippen molar-refractivity contribution in [1.29, 1.82) is 0 Å². The number of likely N-dealkylation sites (N-methyl/N-ethyl adjacent to an activating group) is 1. The van der Waals surface area contributed by atoms with Crippen LogP contribution in [0.25, 0.3) is 11.3 Å². The van der Waals surface area contributed by atoms with Gasteiger partial charge in [0, 0.05) is 68.9 Å². The van der Waals surface area contributed by atoms with Crippen LogP contribution in [-0.4, -0.2) is 90.0 Å². The van der Waals surface area contributed by atoms with E-state index in [-0.39, 0.29) is 5.91 Å². The number of amides is 1. The molecule has 224 valence electrons. The van der Waals surface area contributed by atoms with Crippen molar-refractivity contribution in [2.75, 3.05) is 70.1 Å². The van der Waals surface area contributed by atoms with Crippen LogP contribution < -0.4 is 15.4 Å². The average molecular weight is 580 g/mol. The Bertz CT molecular complexity index is 1480. The summed E-state index contributed by atoms with van der Waals surface area (Å²) in [5.74, 6) is 6.70. The molecule has 43 heavy (non-hydrogen) atoms. The topological polar surface area (TPSA) is 85.9 Å². The van der Waals surface area contributed by atoms with Crippen molar-refractivity contribution in [2.24, 2.45) is 0 Å². The van der Waals surface area contributed by atoms with Gasteiger partial charge in [-0.3, -0.25) is 14.6 Å². The molecule has 0 atom stereocenters. The number of nitrogens with zero attached hydrogens (tertiary/aromatic N) is 5. The van der Waals surface area contributed by atoms with Crippen LogP contribution in [0.5, 0.6) is 5.75 Å². The smallest absolute Gasteiger partial charge is 0.298 e. The molecular weight excluding hydrogens is 538 g/mol. The largest absolute Gasteiger partial charge is 0.493 e. The monoisotopic (exact) mass is 579 g/mol. The maximum Gasteiger partial charge on any atom is 0.298 e. The van der Waals surface area contributed by atoms with Gasteiger partial charge in [-0.05, 0) is 81.2 Å². The molecule has 9 heteroatoms. The molecule has 5 rings (SSSR count). The van der Waals surface area contributed by atoms with Crippen LogP contribution in [0.3, 0.4) is 0 Å². The van der Waals surface area contributed by atoms with E-state index in [1.807, 2.05) is 35.2 Å². The maximum absolute atomic E-state index is 12.2. The van der Waals surface area contributed by atoms with Crippen LogP contribution in [0.1, 0.15) is 25.3 Å². The summed E-state index contributed by atoms with van der Waals surface area (Å²) in [6.07, 6.45) is 7.97. The van der Waals surface area contributed by atoms with Gasteiger partial charge in [-0.15, -0.1) is 0 Å². The highest BCUT2D eigenvalue weighted by atomic mass is 16.5. The molecule has 0 radical (unpaired) electrons. The number of nitrogens with one attached hydrogen (secondary N) is 2. The lowest BCUT2D eigenvalue weighted by Crippen LogP contribution is -2.35. The average Bonchev–Trinajstić information content (AvgIpc) is 3.25. The molecule has 1 fully saturated rings. The van der Waals surface area contributed by atoms with Crippen LogP contribution in [-0.2, 0) is 11.3 Å². The fourth-order valence-electron chi connectivity index (χ4n) is 5.35. The van der Waals surface area contributed by atoms with E-state index >= 15 is 0 Å². The van der Waals surface area contributed by atoms with Gasteiger partial charge in [0.25, 0.3) is 5.91 Å². The summed E-state index contributed by atoms with van der Waals surface area (Å²) in [4.78, 5) is 28.1. The molecule has 6 bridgehead atoms. The number of rotatable bonds is 4. The Morgan fingerprint density at radius 2 is 2.02 bits per heavy atom. The molecule has 3 heterocycles. The predicted molar refractivity (Wildman–Crippen MR) is 172 cm³/mol. The summed E-state index contributed by atoms with van der Waals surface area (Å²) in [6, 6.07) is 16.4. The molecule has 0 saturated carbocycles. The highest BCUT2D eigenvalue weighted by Gasteiger charge is 2.17. The van der Waals surface area contributed by atoms with E-state index < -0.39 is 0 Å². The van der Waals surface area contributed by atoms with E-state index in [1.54, 1.807) is 13.1 Å². The van der Waals surface area contributed by atoms with E-state index in [2.05, 4.69) is 74.7 Å². The molecule has 1 amide bonds. The Morgan fingerprint density at radius 1 is 1.09 bits per heavy atom. The van der Waals surface area contributed by atoms with Crippen molar-refractivity contribution in [1.82, 2.24) is 24.7 Å². The summed E-state index contributed by atoms with van der Waals surface area (Å²) in [7, 11) is 2.13. The number of ether oxygens (including phenoxy) is 1. The number of aromatic nitrogens is 2. The zero-order valence-corrected chi connectivity index (χ0v) is 25.2. The van der Waals surface area contributed by atoms with Gasteiger partial charge >= 0.3 is 0 Å². The Kier molecular flexibility index (Phi) is 10.6. The number of hydrogen-bond donors (Lipinski definition) is 2. The third-order valence-electron chi connectivity index (χ3n) is 7.49. The lowest BCUT2D eigenvalue weighted by atomic mass is 10.1. The van der Waals surface area contributed by atoms with Crippen molar-refractivity contribution in [3.8, 4) is 28.8 Å². The number of benzene rings is 2. The second-order valence-corrected chi connectivity index (χ2v) is 10.9. The lowest BCUT2D eigenvalue weighted by molar-refractivity contribution is -0.125. The van der Waals surface area contributed by atoms with Gasteiger partial charge in [-0.1, -0.05) is 30.2 Å². The third kappa shape index (κ3) is 9.05. The van der Waals surface area contributed by atoms with E-state index in [1.165, 1.54) is 5.56 Å². The van der Waals surface area contributed by atoms with Crippen LogP contribution in [0.15, 0.2) is 66.9 Å². The summed E-state index contributed by atoms with van der Waals surface area (Å²) >= 11 is 0. The number of fused-ring (bicyclic) bond motifs is 7. The zero-order valence-electron chi connectivity index (χ0n) is 25.2. The highest BCUT2D eigenvalue weighted by Crippen LogP contribution is 2.26. The number of hydrogen-bond acceptors (Lipinski definition) is 8. The van der Waals surface area contributed by atoms with Crippen LogP contribution in [0.2, 0.25) is 0 Å². The summed E-state index contributed by atoms with van der Waals surface area (Å²) in [5, 5.41) is 7.08. The fourth-order valence-corrected chi connectivity index (χ4v) is 5.35. The Hall–Kier alpha value is -4.39. The number of carbonyl (C=O) groups is 1. The predicted octanol–water partition coefficient (Wildman–Crippen LogP) is 4.63. The molecule has 2 aliphatic heterocycles. The molecule has 9 nitrogen and oxygen atoms in total. The molecule has 0 aliphatic carbocycles. The molecule has 1 aromatic heterocycles. The summed E-state index contributed by atoms with van der Waals surface area (Å²) < 4.78 is 5.98. The van der Waals surface area contributed by atoms with Gasteiger partial charge in [0.15, 0.2) is 0 Å². The molecule has 2 aromatic carbocycles. The second-order valence-electron chi connectivity index (χ2n) is 10.9. The first-order valence-electron chi connectivity index (χ1n) is 15.0. The third-order valence-corrected chi connectivity index (χ3v) is 7.49. The van der Waals surface area contributed by atoms with Crippen LogP contribution in [0, 0.1) is 11.8 Å². The van der Waals surface area contributed by atoms with Crippen molar-refractivity contribution in [3.63, 3.8) is 0 Å². The van der Waals surface area contributed by atoms with Crippen molar-refractivity contribution in [2.45, 2.75) is 26.3 Å². The summed E-state index contributed by atoms with van der Waals surface area (Å²) in [6.45, 7) is 8.98. The lowest BCUT2D eigenvalue weighted by Gasteiger charge is -2.22. The highest BCUT2D eigenvalue weighted by molar-refractivity contribution is 5.93. The van der Waals surface area contributed by atoms with Gasteiger partial charge in [-0.2, -0.15) is 0 Å². The Labute approximate surface area is 255 Å². The first-order chi connectivity index (χ1) is 21.1. The summed E-state index contributed by atoms with van der Waals surface area (Å²) in [5.41, 5.74) is 4.98. The normalized spacial score (nSPS) is 17.1. The SMILES string of the molecule is CC#CC(=O)N1CCCN(CCNc2cc3cc(c2)Nc2nccc(n2)-c2cccc(c2)OCC/C=C/CN(C)C3)CC1. The Morgan fingerprint density at radius 3 is 2.93 bits per heavy atom. The van der Waals surface area contributed by atoms with Gasteiger partial charge < -0.3 is 20.3 Å². The number of anilines is 3. The minimum atomic E-state index is -0.0694. The molecule has 1 saturated heterocycles. The molecule has 0 unspecified atom stereocenters. The van der Waals surface area contributed by atoms with Gasteiger partial charge in [-0.25, -0.2) is 9.97 Å². The van der Waals surface area contributed by atoms with E-state index in [0.29, 0.717) is 19.1 Å². The number of carbonyl (C=O) groups excluding carboxylic acids is 1. The maximum atomic E-state index is 12.2. The van der Waals surface area contributed by atoms with E-state index in [0.717, 1.165) is 87.0 Å². The zero-order chi connectivity index (χ0) is 29.9. The van der Waals surface area contributed by atoms with Crippen LogP contribution in [0.4, 0.5) is 17.3 Å². The molecule has 0 spiro atoms. The first kappa shape index (κ1) is 30.1. The standard InChI is InChI=1S/C34H41N7O2/c1-3-9-33(42)41-17-8-16-40(19-20-41)18-14-35-29-22-27-23-30(25-29)37-34-36-13-12-32(38-34)28-10-7-11-31(24-28)43-21-6-4-5-15-39(2)26-27/h4-5,7,10-13,22-25,35H,6,8,14-21,26H2,1-2H3,(H,36,37,38)/b5-4+. The minimum Gasteiger partial charge on any atom is -0.493 e. The van der Waals surface area contributed by atoms with Crippen molar-refractivity contribution < 1.29 is 9.53 Å². The first-order valence-corrected chi connectivity index (χ1v) is 15.0. The fraction of sp³-hybridized carbons (Fsp3) is 0.382. The van der Waals surface area contributed by atoms with Crippen molar-refractivity contribution in [3.05, 3.63) is 72.4 Å². The van der Waals surface area contributed by atoms with E-state index in [9.17, 15) is 4.79 Å². The second kappa shape index (κ2) is 15.2. The van der Waals surface area contributed by atoms with Gasteiger partial charge in [0.2, 0.25) is 5.95 Å². The van der Waals surface area contributed by atoms with Crippen LogP contribution >= 0.6 is 0 Å². The molecular formula is C34H41N7O2. The van der Waals surface area contributed by atoms with E-state index in [4.69, 9.17) is 9.72 Å². The quantitative estimate of drug-likeness (QED) is 0.342. The molecule has 2 aliphatic rings.